The van der Waals surface area contributed by atoms with Gasteiger partial charge in [-0.1, -0.05) is 28.9 Å². The second-order valence-electron chi connectivity index (χ2n) is 2.75. The molecule has 0 amide bonds. The molecule has 0 bridgehead atoms. The van der Waals surface area contributed by atoms with Gasteiger partial charge in [0.25, 0.3) is 0 Å². The molecular formula is C9H8ClN3O. The Labute approximate surface area is 85.7 Å². The van der Waals surface area contributed by atoms with Crippen molar-refractivity contribution in [3.63, 3.8) is 0 Å². The highest BCUT2D eigenvalue weighted by Gasteiger charge is 2.07. The first-order valence-electron chi connectivity index (χ1n) is 4.08. The Morgan fingerprint density at radius 1 is 1.36 bits per heavy atom. The van der Waals surface area contributed by atoms with Crippen LogP contribution in [0.4, 0.5) is 0 Å². The van der Waals surface area contributed by atoms with Crippen molar-refractivity contribution in [3.05, 3.63) is 41.2 Å². The predicted octanol–water partition coefficient (Wildman–Crippen LogP) is 1.41. The Bertz CT molecular complexity index is 441. The summed E-state index contributed by atoms with van der Waals surface area (Å²) < 4.78 is 1.52. The van der Waals surface area contributed by atoms with Gasteiger partial charge >= 0.3 is 0 Å². The van der Waals surface area contributed by atoms with Crippen molar-refractivity contribution in [1.29, 1.82) is 0 Å². The van der Waals surface area contributed by atoms with E-state index in [0.29, 0.717) is 10.7 Å². The quantitative estimate of drug-likeness (QED) is 0.814. The fourth-order valence-corrected chi connectivity index (χ4v) is 1.41. The van der Waals surface area contributed by atoms with E-state index in [9.17, 15) is 0 Å². The molecule has 1 aromatic heterocycles. The fraction of sp³-hybridized carbons (Fsp3) is 0.111. The maximum absolute atomic E-state index is 9.02. The van der Waals surface area contributed by atoms with Crippen LogP contribution in [0.25, 0.3) is 5.69 Å². The highest BCUT2D eigenvalue weighted by molar-refractivity contribution is 6.32. The molecule has 0 atom stereocenters. The minimum Gasteiger partial charge on any atom is -0.390 e. The number of rotatable bonds is 2. The number of aliphatic hydroxyl groups is 1. The van der Waals surface area contributed by atoms with Crippen molar-refractivity contribution in [3.8, 4) is 5.69 Å². The molecule has 0 saturated heterocycles. The summed E-state index contributed by atoms with van der Waals surface area (Å²) in [5.41, 5.74) is 1.33. The van der Waals surface area contributed by atoms with Gasteiger partial charge in [-0.15, -0.1) is 5.10 Å². The fourth-order valence-electron chi connectivity index (χ4n) is 1.19. The molecule has 0 aliphatic heterocycles. The van der Waals surface area contributed by atoms with Gasteiger partial charge in [0.1, 0.15) is 0 Å². The lowest BCUT2D eigenvalue weighted by atomic mass is 10.3. The lowest BCUT2D eigenvalue weighted by Gasteiger charge is -2.05. The summed E-state index contributed by atoms with van der Waals surface area (Å²) in [5, 5.41) is 17.1. The minimum atomic E-state index is -0.113. The molecule has 1 aromatic carbocycles. The number of para-hydroxylation sites is 1. The molecule has 4 nitrogen and oxygen atoms in total. The van der Waals surface area contributed by atoms with Crippen LogP contribution in [-0.4, -0.2) is 20.1 Å². The van der Waals surface area contributed by atoms with Crippen molar-refractivity contribution in [2.45, 2.75) is 6.61 Å². The molecule has 0 saturated carbocycles. The van der Waals surface area contributed by atoms with Gasteiger partial charge < -0.3 is 5.11 Å². The third-order valence-corrected chi connectivity index (χ3v) is 2.18. The first-order valence-corrected chi connectivity index (χ1v) is 4.46. The molecule has 0 aliphatic rings. The topological polar surface area (TPSA) is 50.9 Å². The first-order chi connectivity index (χ1) is 6.83. The Kier molecular flexibility index (Phi) is 2.47. The van der Waals surface area contributed by atoms with E-state index in [1.807, 2.05) is 18.2 Å². The van der Waals surface area contributed by atoms with E-state index in [4.69, 9.17) is 16.7 Å². The Hall–Kier alpha value is -1.39. The van der Waals surface area contributed by atoms with Crippen LogP contribution in [0.1, 0.15) is 5.69 Å². The summed E-state index contributed by atoms with van der Waals surface area (Å²) in [7, 11) is 0. The number of nitrogens with zero attached hydrogens (tertiary/aromatic N) is 3. The van der Waals surface area contributed by atoms with Crippen molar-refractivity contribution >= 4 is 11.6 Å². The van der Waals surface area contributed by atoms with Crippen molar-refractivity contribution < 1.29 is 5.11 Å². The summed E-state index contributed by atoms with van der Waals surface area (Å²) in [4.78, 5) is 0. The number of benzene rings is 1. The van der Waals surface area contributed by atoms with E-state index >= 15 is 0 Å². The smallest absolute Gasteiger partial charge is 0.0900 e. The molecule has 0 radical (unpaired) electrons. The van der Waals surface area contributed by atoms with Gasteiger partial charge in [-0.25, -0.2) is 4.68 Å². The second-order valence-corrected chi connectivity index (χ2v) is 3.15. The third kappa shape index (κ3) is 1.49. The van der Waals surface area contributed by atoms with E-state index in [1.54, 1.807) is 6.07 Å². The lowest BCUT2D eigenvalue weighted by molar-refractivity contribution is 0.273. The van der Waals surface area contributed by atoms with E-state index in [0.717, 1.165) is 5.69 Å². The van der Waals surface area contributed by atoms with Gasteiger partial charge in [-0.2, -0.15) is 0 Å². The first kappa shape index (κ1) is 9.18. The molecule has 1 heterocycles. The van der Waals surface area contributed by atoms with Crippen LogP contribution in [-0.2, 0) is 6.61 Å². The van der Waals surface area contributed by atoms with Gasteiger partial charge in [-0.05, 0) is 12.1 Å². The van der Waals surface area contributed by atoms with Crippen LogP contribution in [0.5, 0.6) is 0 Å². The Morgan fingerprint density at radius 3 is 2.86 bits per heavy atom. The molecule has 72 valence electrons. The van der Waals surface area contributed by atoms with Crippen molar-refractivity contribution in [2.24, 2.45) is 0 Å². The third-order valence-electron chi connectivity index (χ3n) is 1.86. The van der Waals surface area contributed by atoms with Crippen LogP contribution >= 0.6 is 11.6 Å². The summed E-state index contributed by atoms with van der Waals surface area (Å²) in [5.74, 6) is 0. The van der Waals surface area contributed by atoms with Gasteiger partial charge in [0, 0.05) is 0 Å². The number of aliphatic hydroxyl groups excluding tert-OH is 1. The monoisotopic (exact) mass is 209 g/mol. The average molecular weight is 210 g/mol. The highest BCUT2D eigenvalue weighted by Crippen LogP contribution is 2.19. The molecule has 0 unspecified atom stereocenters. The molecule has 5 heteroatoms. The van der Waals surface area contributed by atoms with E-state index < -0.39 is 0 Å². The molecule has 1 N–H and O–H groups in total. The standard InChI is InChI=1S/C9H8ClN3O/c10-8-3-1-2-4-9(8)13-7(6-14)5-11-12-13/h1-5,14H,6H2. The number of halogens is 1. The molecule has 0 spiro atoms. The molecular weight excluding hydrogens is 202 g/mol. The zero-order valence-corrected chi connectivity index (χ0v) is 8.02. The average Bonchev–Trinajstić information content (AvgIpc) is 2.66. The van der Waals surface area contributed by atoms with Crippen LogP contribution in [0, 0.1) is 0 Å². The zero-order valence-electron chi connectivity index (χ0n) is 7.26. The van der Waals surface area contributed by atoms with E-state index in [1.165, 1.54) is 10.9 Å². The molecule has 2 rings (SSSR count). The second kappa shape index (κ2) is 3.77. The van der Waals surface area contributed by atoms with Crippen molar-refractivity contribution in [1.82, 2.24) is 15.0 Å². The minimum absolute atomic E-state index is 0.113. The maximum atomic E-state index is 9.02. The van der Waals surface area contributed by atoms with Crippen LogP contribution in [0.3, 0.4) is 0 Å². The number of hydrogen-bond donors (Lipinski definition) is 1. The van der Waals surface area contributed by atoms with Crippen LogP contribution in [0.2, 0.25) is 5.02 Å². The largest absolute Gasteiger partial charge is 0.390 e. The maximum Gasteiger partial charge on any atom is 0.0900 e. The Morgan fingerprint density at radius 2 is 2.14 bits per heavy atom. The Balaban J connectivity index is 2.54. The van der Waals surface area contributed by atoms with Gasteiger partial charge in [0.15, 0.2) is 0 Å². The number of hydrogen-bond acceptors (Lipinski definition) is 3. The lowest BCUT2D eigenvalue weighted by Crippen LogP contribution is -2.02. The normalized spacial score (nSPS) is 10.4. The highest BCUT2D eigenvalue weighted by atomic mass is 35.5. The van der Waals surface area contributed by atoms with Gasteiger partial charge in [0.05, 0.1) is 29.2 Å². The van der Waals surface area contributed by atoms with E-state index in [2.05, 4.69) is 10.3 Å². The van der Waals surface area contributed by atoms with E-state index in [-0.39, 0.29) is 6.61 Å². The summed E-state index contributed by atoms with van der Waals surface area (Å²) >= 11 is 5.97. The summed E-state index contributed by atoms with van der Waals surface area (Å²) in [6.07, 6.45) is 1.50. The summed E-state index contributed by atoms with van der Waals surface area (Å²) in [6, 6.07) is 7.27. The molecule has 14 heavy (non-hydrogen) atoms. The predicted molar refractivity (Wildman–Crippen MR) is 52.3 cm³/mol. The van der Waals surface area contributed by atoms with Crippen LogP contribution < -0.4 is 0 Å². The van der Waals surface area contributed by atoms with Gasteiger partial charge in [0.2, 0.25) is 0 Å². The summed E-state index contributed by atoms with van der Waals surface area (Å²) in [6.45, 7) is -0.113. The number of aromatic nitrogens is 3. The SMILES string of the molecule is OCc1cnnn1-c1ccccc1Cl. The molecule has 0 aliphatic carbocycles. The van der Waals surface area contributed by atoms with Crippen LogP contribution in [0.15, 0.2) is 30.5 Å². The van der Waals surface area contributed by atoms with Crippen molar-refractivity contribution in [2.75, 3.05) is 0 Å². The molecule has 0 fully saturated rings. The molecule has 2 aromatic rings. The zero-order chi connectivity index (χ0) is 9.97. The van der Waals surface area contributed by atoms with Gasteiger partial charge in [-0.3, -0.25) is 0 Å².